The maximum Gasteiger partial charge on any atom is 0.175 e. The first-order valence-corrected chi connectivity index (χ1v) is 8.69. The van der Waals surface area contributed by atoms with Crippen LogP contribution in [0.4, 0.5) is 23.0 Å². The van der Waals surface area contributed by atoms with Crippen LogP contribution in [0.1, 0.15) is 26.7 Å². The highest BCUT2D eigenvalue weighted by Crippen LogP contribution is 2.24. The lowest BCUT2D eigenvalue weighted by molar-refractivity contribution is 1.16. The summed E-state index contributed by atoms with van der Waals surface area (Å²) in [6.07, 6.45) is 12.7. The van der Waals surface area contributed by atoms with E-state index in [-0.39, 0.29) is 0 Å². The third-order valence-electron chi connectivity index (χ3n) is 3.92. The van der Waals surface area contributed by atoms with E-state index in [1.807, 2.05) is 49.1 Å². The summed E-state index contributed by atoms with van der Waals surface area (Å²) in [7, 11) is 0. The highest BCUT2D eigenvalue weighted by Gasteiger charge is 2.03. The van der Waals surface area contributed by atoms with Gasteiger partial charge >= 0.3 is 0 Å². The van der Waals surface area contributed by atoms with E-state index in [2.05, 4.69) is 44.4 Å². The average molecular weight is 346 g/mol. The fraction of sp³-hybridized carbons (Fsp3) is 0.200. The van der Waals surface area contributed by atoms with Crippen LogP contribution in [-0.2, 0) is 0 Å². The molecule has 2 aromatic rings. The summed E-state index contributed by atoms with van der Waals surface area (Å²) in [4.78, 5) is 17.9. The Hall–Kier alpha value is -3.28. The molecule has 0 aromatic carbocycles. The molecule has 0 bridgehead atoms. The molecule has 26 heavy (non-hydrogen) atoms. The number of nitrogens with one attached hydrogen (secondary N) is 2. The second-order valence-electron chi connectivity index (χ2n) is 5.70. The van der Waals surface area contributed by atoms with Gasteiger partial charge in [-0.05, 0) is 48.3 Å². The highest BCUT2D eigenvalue weighted by molar-refractivity contribution is 5.85. The van der Waals surface area contributed by atoms with Crippen LogP contribution < -0.4 is 10.6 Å². The van der Waals surface area contributed by atoms with E-state index >= 15 is 0 Å². The second kappa shape index (κ2) is 8.71. The Morgan fingerprint density at radius 1 is 0.808 bits per heavy atom. The zero-order chi connectivity index (χ0) is 18.2. The van der Waals surface area contributed by atoms with E-state index in [9.17, 15) is 0 Å². The van der Waals surface area contributed by atoms with Crippen LogP contribution in [0, 0.1) is 0 Å². The van der Waals surface area contributed by atoms with Gasteiger partial charge in [-0.1, -0.05) is 13.8 Å². The lowest BCUT2D eigenvalue weighted by atomic mass is 10.2. The highest BCUT2D eigenvalue weighted by atomic mass is 15.0. The summed E-state index contributed by atoms with van der Waals surface area (Å²) in [6.45, 7) is 4.16. The maximum absolute atomic E-state index is 4.60. The summed E-state index contributed by atoms with van der Waals surface area (Å²) in [5.41, 5.74) is 3.73. The van der Waals surface area contributed by atoms with Gasteiger partial charge in [-0.15, -0.1) is 0 Å². The summed E-state index contributed by atoms with van der Waals surface area (Å²) < 4.78 is 0. The van der Waals surface area contributed by atoms with Crippen molar-refractivity contribution in [3.05, 3.63) is 60.2 Å². The van der Waals surface area contributed by atoms with E-state index in [0.29, 0.717) is 11.6 Å². The molecule has 6 heteroatoms. The molecule has 0 radical (unpaired) electrons. The minimum Gasteiger partial charge on any atom is -0.358 e. The summed E-state index contributed by atoms with van der Waals surface area (Å²) >= 11 is 0. The van der Waals surface area contributed by atoms with Gasteiger partial charge in [0.05, 0.1) is 5.69 Å². The van der Waals surface area contributed by atoms with E-state index in [0.717, 1.165) is 35.4 Å². The smallest absolute Gasteiger partial charge is 0.175 e. The standard InChI is InChI=1S/C20H22N6/c1-3-15-11-23-17-7-5-9-21-19(17)25-13-16(4-2)14-26-20-18(24-12-15)8-6-10-22-20/h5-14,23H,3-4H2,1-2H3,(H,22,26)/b15-11-,16-14-,24-12?,25-13+. The molecule has 2 N–H and O–H groups in total. The maximum atomic E-state index is 4.60. The molecule has 0 saturated heterocycles. The van der Waals surface area contributed by atoms with Crippen molar-refractivity contribution in [2.24, 2.45) is 9.98 Å². The topological polar surface area (TPSA) is 74.6 Å². The first-order valence-electron chi connectivity index (χ1n) is 8.69. The van der Waals surface area contributed by atoms with Crippen LogP contribution >= 0.6 is 0 Å². The summed E-state index contributed by atoms with van der Waals surface area (Å²) in [6, 6.07) is 7.66. The van der Waals surface area contributed by atoms with Gasteiger partial charge in [-0.3, -0.25) is 4.99 Å². The number of aromatic nitrogens is 2. The molecular weight excluding hydrogens is 324 g/mol. The van der Waals surface area contributed by atoms with E-state index in [1.165, 1.54) is 0 Å². The summed E-state index contributed by atoms with van der Waals surface area (Å²) in [5, 5.41) is 6.54. The molecule has 0 aliphatic carbocycles. The van der Waals surface area contributed by atoms with Gasteiger partial charge in [0.25, 0.3) is 0 Å². The predicted octanol–water partition coefficient (Wildman–Crippen LogP) is 5.01. The number of aliphatic imine (C=N–C) groups is 2. The number of rotatable bonds is 2. The zero-order valence-electron chi connectivity index (χ0n) is 15.0. The third-order valence-corrected chi connectivity index (χ3v) is 3.92. The number of hydrogen-bond donors (Lipinski definition) is 2. The molecule has 0 spiro atoms. The summed E-state index contributed by atoms with van der Waals surface area (Å²) in [5.74, 6) is 1.35. The van der Waals surface area contributed by atoms with Gasteiger partial charge in [0.1, 0.15) is 5.69 Å². The Morgan fingerprint density at radius 3 is 2.31 bits per heavy atom. The Morgan fingerprint density at radius 2 is 1.50 bits per heavy atom. The number of pyridine rings is 2. The quantitative estimate of drug-likeness (QED) is 0.802. The molecule has 2 aromatic heterocycles. The van der Waals surface area contributed by atoms with Crippen molar-refractivity contribution >= 4 is 35.4 Å². The molecule has 6 nitrogen and oxygen atoms in total. The van der Waals surface area contributed by atoms with Gasteiger partial charge in [-0.25, -0.2) is 15.0 Å². The van der Waals surface area contributed by atoms with Crippen LogP contribution in [0.5, 0.6) is 0 Å². The lowest BCUT2D eigenvalue weighted by Crippen LogP contribution is -1.98. The Bertz CT molecular complexity index is 806. The Labute approximate surface area is 153 Å². The van der Waals surface area contributed by atoms with E-state index < -0.39 is 0 Å². The number of fused-ring (bicyclic) bond motifs is 2. The number of hydrogen-bond acceptors (Lipinski definition) is 6. The Kier molecular flexibility index (Phi) is 5.88. The van der Waals surface area contributed by atoms with Crippen molar-refractivity contribution in [1.82, 2.24) is 9.97 Å². The Balaban J connectivity index is 2.06. The van der Waals surface area contributed by atoms with Crippen LogP contribution in [0.25, 0.3) is 0 Å². The van der Waals surface area contributed by atoms with Crippen molar-refractivity contribution in [3.8, 4) is 0 Å². The van der Waals surface area contributed by atoms with Gasteiger partial charge < -0.3 is 10.6 Å². The van der Waals surface area contributed by atoms with Crippen molar-refractivity contribution in [3.63, 3.8) is 0 Å². The molecule has 0 saturated carbocycles. The molecule has 1 aliphatic rings. The zero-order valence-corrected chi connectivity index (χ0v) is 15.0. The van der Waals surface area contributed by atoms with E-state index in [1.54, 1.807) is 12.4 Å². The molecular formula is C20H22N6. The third kappa shape index (κ3) is 4.42. The van der Waals surface area contributed by atoms with Gasteiger partial charge in [0.2, 0.25) is 0 Å². The normalized spacial score (nSPS) is 19.3. The second-order valence-corrected chi connectivity index (χ2v) is 5.70. The minimum atomic E-state index is 0.645. The van der Waals surface area contributed by atoms with Gasteiger partial charge in [-0.2, -0.15) is 0 Å². The molecule has 0 amide bonds. The van der Waals surface area contributed by atoms with Gasteiger partial charge in [0.15, 0.2) is 11.6 Å². The molecule has 0 fully saturated rings. The van der Waals surface area contributed by atoms with E-state index in [4.69, 9.17) is 0 Å². The fourth-order valence-electron chi connectivity index (χ4n) is 2.31. The van der Waals surface area contributed by atoms with Crippen molar-refractivity contribution in [1.29, 1.82) is 0 Å². The SMILES string of the molecule is CC/C1=C/Nc2cccnc2/N=C/C(CC)=C\Nc2ncccc2N=C1. The van der Waals surface area contributed by atoms with Crippen molar-refractivity contribution < 1.29 is 0 Å². The van der Waals surface area contributed by atoms with Crippen LogP contribution in [-0.4, -0.2) is 22.4 Å². The fourth-order valence-corrected chi connectivity index (χ4v) is 2.31. The first-order chi connectivity index (χ1) is 12.8. The first kappa shape index (κ1) is 17.5. The molecule has 1 aliphatic heterocycles. The average Bonchev–Trinajstić information content (AvgIpc) is 2.69. The van der Waals surface area contributed by atoms with Gasteiger partial charge in [0, 0.05) is 37.2 Å². The monoisotopic (exact) mass is 346 g/mol. The number of allylic oxidation sites excluding steroid dienone is 2. The molecule has 132 valence electrons. The largest absolute Gasteiger partial charge is 0.358 e. The van der Waals surface area contributed by atoms with Crippen LogP contribution in [0.15, 0.2) is 70.2 Å². The van der Waals surface area contributed by atoms with Crippen molar-refractivity contribution in [2.75, 3.05) is 10.6 Å². The predicted molar refractivity (Wildman–Crippen MR) is 109 cm³/mol. The van der Waals surface area contributed by atoms with Crippen LogP contribution in [0.3, 0.4) is 0 Å². The molecule has 0 unspecified atom stereocenters. The number of nitrogens with zero attached hydrogens (tertiary/aromatic N) is 4. The molecule has 0 atom stereocenters. The number of anilines is 2. The van der Waals surface area contributed by atoms with Crippen LogP contribution in [0.2, 0.25) is 0 Å². The lowest BCUT2D eigenvalue weighted by Gasteiger charge is -2.08. The minimum absolute atomic E-state index is 0.645. The molecule has 3 heterocycles. The van der Waals surface area contributed by atoms with Crippen molar-refractivity contribution in [2.45, 2.75) is 26.7 Å². The molecule has 3 rings (SSSR count).